The molecule has 0 bridgehead atoms. The Morgan fingerprint density at radius 1 is 1.16 bits per heavy atom. The summed E-state index contributed by atoms with van der Waals surface area (Å²) in [6.07, 6.45) is 3.75. The second-order valence-electron chi connectivity index (χ2n) is 7.74. The third-order valence-electron chi connectivity index (χ3n) is 5.65. The molecule has 0 spiro atoms. The van der Waals surface area contributed by atoms with Gasteiger partial charge in [0.25, 0.3) is 0 Å². The molecule has 4 rings (SSSR count). The molecule has 0 aliphatic carbocycles. The molecule has 0 atom stereocenters. The van der Waals surface area contributed by atoms with Crippen LogP contribution in [0.25, 0.3) is 10.9 Å². The smallest absolute Gasteiger partial charge is 0.411 e. The van der Waals surface area contributed by atoms with Gasteiger partial charge in [-0.15, -0.1) is 0 Å². The second-order valence-corrected chi connectivity index (χ2v) is 8.99. The number of fused-ring (bicyclic) bond motifs is 1. The number of Topliss-reactive ketones (excluding diaryl/α,β-unsaturated/α-hetero) is 1. The van der Waals surface area contributed by atoms with Gasteiger partial charge in [0.2, 0.25) is 0 Å². The Balaban J connectivity index is 1.15. The molecule has 8 heteroatoms. The van der Waals surface area contributed by atoms with Crippen LogP contribution < -0.4 is 5.32 Å². The minimum absolute atomic E-state index is 0.100. The van der Waals surface area contributed by atoms with Crippen LogP contribution in [0.4, 0.5) is 10.5 Å². The fraction of sp³-hybridized carbons (Fsp3) is 0.348. The van der Waals surface area contributed by atoms with Gasteiger partial charge < -0.3 is 9.64 Å². The number of hydrogen-bond donors (Lipinski definition) is 2. The monoisotopic (exact) mass is 532 g/mol. The quantitative estimate of drug-likeness (QED) is 0.262. The van der Waals surface area contributed by atoms with Crippen molar-refractivity contribution in [3.63, 3.8) is 0 Å². The second kappa shape index (κ2) is 10.2. The van der Waals surface area contributed by atoms with Crippen LogP contribution in [0.1, 0.15) is 29.6 Å². The molecule has 7 nitrogen and oxygen atoms in total. The van der Waals surface area contributed by atoms with Crippen LogP contribution in [0.2, 0.25) is 0 Å². The van der Waals surface area contributed by atoms with E-state index in [1.54, 1.807) is 6.20 Å². The van der Waals surface area contributed by atoms with Gasteiger partial charge in [0.1, 0.15) is 0 Å². The molecule has 1 aromatic heterocycles. The maximum absolute atomic E-state index is 12.7. The van der Waals surface area contributed by atoms with Crippen LogP contribution in [0.5, 0.6) is 0 Å². The predicted molar refractivity (Wildman–Crippen MR) is 128 cm³/mol. The first-order valence-corrected chi connectivity index (χ1v) is 11.6. The Kier molecular flexibility index (Phi) is 7.18. The predicted octanol–water partition coefficient (Wildman–Crippen LogP) is 4.70. The van der Waals surface area contributed by atoms with Gasteiger partial charge in [-0.05, 0) is 73.1 Å². The number of halogens is 1. The molecule has 1 aliphatic rings. The number of amides is 1. The highest BCUT2D eigenvalue weighted by Crippen LogP contribution is 2.23. The summed E-state index contributed by atoms with van der Waals surface area (Å²) in [6.45, 7) is 3.00. The summed E-state index contributed by atoms with van der Waals surface area (Å²) in [5.74, 6) is 0.354. The Labute approximate surface area is 194 Å². The van der Waals surface area contributed by atoms with Crippen LogP contribution in [0, 0.1) is 9.49 Å². The number of rotatable bonds is 7. The number of benzene rings is 2. The first-order chi connectivity index (χ1) is 15.1. The van der Waals surface area contributed by atoms with Gasteiger partial charge in [0.15, 0.2) is 5.78 Å². The van der Waals surface area contributed by atoms with Crippen LogP contribution in [-0.4, -0.2) is 53.2 Å². The van der Waals surface area contributed by atoms with Crippen molar-refractivity contribution in [3.05, 3.63) is 57.8 Å². The molecule has 0 unspecified atom stereocenters. The average Bonchev–Trinajstić information content (AvgIpc) is 3.27. The van der Waals surface area contributed by atoms with Crippen molar-refractivity contribution < 1.29 is 14.3 Å². The molecule has 162 valence electrons. The number of aromatic amines is 1. The zero-order valence-corrected chi connectivity index (χ0v) is 19.3. The summed E-state index contributed by atoms with van der Waals surface area (Å²) < 4.78 is 6.46. The van der Waals surface area contributed by atoms with E-state index in [-0.39, 0.29) is 11.7 Å². The molecule has 1 saturated heterocycles. The lowest BCUT2D eigenvalue weighted by Gasteiger charge is -2.31. The number of para-hydroxylation sites is 1. The molecule has 2 heterocycles. The van der Waals surface area contributed by atoms with Crippen LogP contribution in [0.15, 0.2) is 48.7 Å². The van der Waals surface area contributed by atoms with E-state index in [2.05, 4.69) is 43.0 Å². The Morgan fingerprint density at radius 2 is 1.94 bits per heavy atom. The van der Waals surface area contributed by atoms with E-state index in [0.717, 1.165) is 58.9 Å². The van der Waals surface area contributed by atoms with Crippen molar-refractivity contribution in [2.45, 2.75) is 19.3 Å². The van der Waals surface area contributed by atoms with E-state index < -0.39 is 6.09 Å². The topological polar surface area (TPSA) is 87.3 Å². The highest BCUT2D eigenvalue weighted by molar-refractivity contribution is 14.1. The summed E-state index contributed by atoms with van der Waals surface area (Å²) >= 11 is 2.25. The molecule has 3 aromatic rings. The molecule has 0 saturated carbocycles. The maximum Gasteiger partial charge on any atom is 0.411 e. The van der Waals surface area contributed by atoms with Crippen molar-refractivity contribution >= 4 is 51.1 Å². The van der Waals surface area contributed by atoms with Gasteiger partial charge in [-0.2, -0.15) is 5.10 Å². The van der Waals surface area contributed by atoms with Gasteiger partial charge in [-0.3, -0.25) is 15.2 Å². The van der Waals surface area contributed by atoms with Gasteiger partial charge in [-0.25, -0.2) is 4.79 Å². The number of anilines is 1. The number of ether oxygens (including phenoxy) is 1. The Hall–Kier alpha value is -2.46. The molecular formula is C23H25IN4O3. The number of nitrogens with zero attached hydrogens (tertiary/aromatic N) is 2. The third-order valence-corrected chi connectivity index (χ3v) is 6.37. The van der Waals surface area contributed by atoms with Crippen molar-refractivity contribution in [1.82, 2.24) is 15.1 Å². The number of carbonyl (C=O) groups excluding carboxylic acids is 2. The minimum atomic E-state index is -0.469. The van der Waals surface area contributed by atoms with Gasteiger partial charge in [0.05, 0.1) is 24.0 Å². The van der Waals surface area contributed by atoms with Crippen LogP contribution >= 0.6 is 22.6 Å². The number of piperidine rings is 1. The molecule has 0 radical (unpaired) electrons. The van der Waals surface area contributed by atoms with Crippen molar-refractivity contribution in [3.8, 4) is 0 Å². The van der Waals surface area contributed by atoms with Crippen LogP contribution in [-0.2, 0) is 4.74 Å². The van der Waals surface area contributed by atoms with E-state index in [4.69, 9.17) is 4.74 Å². The SMILES string of the molecule is O=C(Nc1cccc2cn[nH]c12)OCCCN1CCC(C(=O)c2ccc(I)cc2)CC1. The zero-order chi connectivity index (χ0) is 21.6. The number of likely N-dealkylation sites (tertiary alicyclic amines) is 1. The van der Waals surface area contributed by atoms with Crippen LogP contribution in [0.3, 0.4) is 0 Å². The lowest BCUT2D eigenvalue weighted by atomic mass is 9.89. The highest BCUT2D eigenvalue weighted by Gasteiger charge is 2.25. The van der Waals surface area contributed by atoms with E-state index >= 15 is 0 Å². The maximum atomic E-state index is 12.7. The molecule has 1 aliphatic heterocycles. The van der Waals surface area contributed by atoms with E-state index in [1.165, 1.54) is 0 Å². The Morgan fingerprint density at radius 3 is 2.71 bits per heavy atom. The van der Waals surface area contributed by atoms with E-state index in [0.29, 0.717) is 12.3 Å². The number of nitrogens with one attached hydrogen (secondary N) is 2. The summed E-state index contributed by atoms with van der Waals surface area (Å²) in [4.78, 5) is 27.1. The normalized spacial score (nSPS) is 15.1. The Bertz CT molecular complexity index is 1040. The number of carbonyl (C=O) groups is 2. The molecule has 2 aromatic carbocycles. The summed E-state index contributed by atoms with van der Waals surface area (Å²) in [5, 5.41) is 10.6. The fourth-order valence-corrected chi connectivity index (χ4v) is 4.30. The summed E-state index contributed by atoms with van der Waals surface area (Å²) in [7, 11) is 0. The number of hydrogen-bond acceptors (Lipinski definition) is 5. The number of aromatic nitrogens is 2. The number of H-pyrrole nitrogens is 1. The minimum Gasteiger partial charge on any atom is -0.449 e. The zero-order valence-electron chi connectivity index (χ0n) is 17.1. The molecule has 1 amide bonds. The summed E-state index contributed by atoms with van der Waals surface area (Å²) in [6, 6.07) is 13.4. The first kappa shape index (κ1) is 21.8. The van der Waals surface area contributed by atoms with Gasteiger partial charge in [0, 0.05) is 27.0 Å². The van der Waals surface area contributed by atoms with Crippen molar-refractivity contribution in [1.29, 1.82) is 0 Å². The molecular weight excluding hydrogens is 507 g/mol. The molecule has 1 fully saturated rings. The average molecular weight is 532 g/mol. The highest BCUT2D eigenvalue weighted by atomic mass is 127. The number of ketones is 1. The van der Waals surface area contributed by atoms with E-state index in [1.807, 2.05) is 42.5 Å². The van der Waals surface area contributed by atoms with Crippen molar-refractivity contribution in [2.75, 3.05) is 31.6 Å². The largest absolute Gasteiger partial charge is 0.449 e. The lowest BCUT2D eigenvalue weighted by molar-refractivity contribution is 0.0830. The van der Waals surface area contributed by atoms with Gasteiger partial charge >= 0.3 is 6.09 Å². The fourth-order valence-electron chi connectivity index (χ4n) is 3.94. The van der Waals surface area contributed by atoms with Gasteiger partial charge in [-0.1, -0.05) is 24.3 Å². The molecule has 2 N–H and O–H groups in total. The third kappa shape index (κ3) is 5.62. The summed E-state index contributed by atoms with van der Waals surface area (Å²) in [5.41, 5.74) is 2.24. The van der Waals surface area contributed by atoms with Crippen molar-refractivity contribution in [2.24, 2.45) is 5.92 Å². The first-order valence-electron chi connectivity index (χ1n) is 10.5. The standard InChI is InChI=1S/C23H25IN4O3/c24-19-7-5-16(6-8-19)22(29)17-9-12-28(13-10-17)11-2-14-31-23(30)26-20-4-1-3-18-15-25-27-21(18)20/h1,3-8,15,17H,2,9-14H2,(H,25,27)(H,26,30). The lowest BCUT2D eigenvalue weighted by Crippen LogP contribution is -2.37. The van der Waals surface area contributed by atoms with E-state index in [9.17, 15) is 9.59 Å². The molecule has 31 heavy (non-hydrogen) atoms.